The molecule has 2 atom stereocenters. The lowest BCUT2D eigenvalue weighted by Gasteiger charge is -2.26. The van der Waals surface area contributed by atoms with E-state index in [0.29, 0.717) is 12.2 Å². The summed E-state index contributed by atoms with van der Waals surface area (Å²) in [6, 6.07) is 0. The minimum Gasteiger partial charge on any atom is -0.375 e. The second kappa shape index (κ2) is 25.1. The van der Waals surface area contributed by atoms with Crippen molar-refractivity contribution in [3.05, 3.63) is 0 Å². The Bertz CT molecular complexity index is 328. The maximum atomic E-state index is 6.90. The maximum absolute atomic E-state index is 6.90. The van der Waals surface area contributed by atoms with Gasteiger partial charge in [-0.3, -0.25) is 0 Å². The van der Waals surface area contributed by atoms with Gasteiger partial charge in [0.1, 0.15) is 0 Å². The molecule has 0 fully saturated rings. The Morgan fingerprint density at radius 2 is 0.667 bits per heavy atom. The van der Waals surface area contributed by atoms with E-state index in [1.807, 2.05) is 0 Å². The molecule has 0 aliphatic carbocycles. The van der Waals surface area contributed by atoms with E-state index in [1.165, 1.54) is 141 Å². The average Bonchev–Trinajstić information content (AvgIpc) is 2.76. The van der Waals surface area contributed by atoms with Gasteiger partial charge in [0.25, 0.3) is 0 Å². The van der Waals surface area contributed by atoms with E-state index in [0.717, 1.165) is 11.8 Å². The maximum Gasteiger partial charge on any atom is 0.0578 e. The third-order valence-electron chi connectivity index (χ3n) is 7.26. The van der Waals surface area contributed by atoms with Gasteiger partial charge in [-0.15, -0.1) is 0 Å². The van der Waals surface area contributed by atoms with E-state index in [-0.39, 0.29) is 0 Å². The molecule has 0 bridgehead atoms. The van der Waals surface area contributed by atoms with Crippen LogP contribution in [0.25, 0.3) is 0 Å². The molecule has 1 nitrogen and oxygen atoms in total. The van der Waals surface area contributed by atoms with Gasteiger partial charge < -0.3 is 4.74 Å². The van der Waals surface area contributed by atoms with Gasteiger partial charge in [-0.2, -0.15) is 0 Å². The summed E-state index contributed by atoms with van der Waals surface area (Å²) in [5.74, 6) is 1.64. The zero-order chi connectivity index (χ0) is 24.6. The molecule has 0 heterocycles. The third kappa shape index (κ3) is 24.9. The molecular formula is C32H66O. The topological polar surface area (TPSA) is 9.23 Å². The van der Waals surface area contributed by atoms with Crippen molar-refractivity contribution >= 4 is 0 Å². The van der Waals surface area contributed by atoms with E-state index in [1.54, 1.807) is 0 Å². The molecule has 0 amide bonds. The van der Waals surface area contributed by atoms with Gasteiger partial charge in [-0.1, -0.05) is 157 Å². The largest absolute Gasteiger partial charge is 0.375 e. The fourth-order valence-corrected chi connectivity index (χ4v) is 5.00. The summed E-state index contributed by atoms with van der Waals surface area (Å²) in [5, 5.41) is 0. The Hall–Kier alpha value is -0.0400. The molecule has 0 saturated carbocycles. The predicted molar refractivity (Wildman–Crippen MR) is 151 cm³/mol. The molecule has 1 heteroatoms. The van der Waals surface area contributed by atoms with Crippen LogP contribution in [0, 0.1) is 11.8 Å². The molecule has 0 saturated heterocycles. The predicted octanol–water partition coefficient (Wildman–Crippen LogP) is 11.7. The van der Waals surface area contributed by atoms with Crippen molar-refractivity contribution in [3.63, 3.8) is 0 Å². The van der Waals surface area contributed by atoms with Gasteiger partial charge in [0, 0.05) is 0 Å². The van der Waals surface area contributed by atoms with Crippen molar-refractivity contribution in [1.82, 2.24) is 0 Å². The lowest BCUT2D eigenvalue weighted by atomic mass is 9.98. The van der Waals surface area contributed by atoms with Gasteiger partial charge in [0.05, 0.1) is 12.2 Å². The summed E-state index contributed by atoms with van der Waals surface area (Å²) in [7, 11) is 0. The SMILES string of the molecule is CCCCCCCCCC(CCCC(C)C)OC(CCCCCCCCC)CCCC(C)C. The number of ether oxygens (including phenoxy) is 1. The molecule has 0 aliphatic rings. The summed E-state index contributed by atoms with van der Waals surface area (Å²) in [4.78, 5) is 0. The molecule has 0 rings (SSSR count). The average molecular weight is 467 g/mol. The highest BCUT2D eigenvalue weighted by Gasteiger charge is 2.17. The van der Waals surface area contributed by atoms with Crippen molar-refractivity contribution in [1.29, 1.82) is 0 Å². The van der Waals surface area contributed by atoms with Crippen LogP contribution in [-0.4, -0.2) is 12.2 Å². The van der Waals surface area contributed by atoms with E-state index in [4.69, 9.17) is 4.74 Å². The van der Waals surface area contributed by atoms with Crippen LogP contribution in [0.2, 0.25) is 0 Å². The molecule has 0 aromatic carbocycles. The van der Waals surface area contributed by atoms with Gasteiger partial charge in [0.15, 0.2) is 0 Å². The fourth-order valence-electron chi connectivity index (χ4n) is 5.00. The third-order valence-corrected chi connectivity index (χ3v) is 7.26. The zero-order valence-corrected chi connectivity index (χ0v) is 24.3. The van der Waals surface area contributed by atoms with Crippen LogP contribution < -0.4 is 0 Å². The molecule has 200 valence electrons. The Labute approximate surface area is 211 Å². The normalized spacial score (nSPS) is 13.8. The minimum absolute atomic E-state index is 0.507. The molecule has 0 aliphatic heterocycles. The molecule has 33 heavy (non-hydrogen) atoms. The highest BCUT2D eigenvalue weighted by Crippen LogP contribution is 2.23. The molecule has 0 N–H and O–H groups in total. The number of rotatable bonds is 26. The number of hydrogen-bond acceptors (Lipinski definition) is 1. The monoisotopic (exact) mass is 467 g/mol. The highest BCUT2D eigenvalue weighted by molar-refractivity contribution is 4.67. The smallest absolute Gasteiger partial charge is 0.0578 e. The van der Waals surface area contributed by atoms with Gasteiger partial charge in [-0.05, 0) is 37.5 Å². The Kier molecular flexibility index (Phi) is 25.0. The van der Waals surface area contributed by atoms with Crippen molar-refractivity contribution < 1.29 is 4.74 Å². The molecule has 0 radical (unpaired) electrons. The first-order chi connectivity index (χ1) is 16.0. The lowest BCUT2D eigenvalue weighted by molar-refractivity contribution is -0.0329. The van der Waals surface area contributed by atoms with Crippen LogP contribution >= 0.6 is 0 Å². The van der Waals surface area contributed by atoms with Crippen LogP contribution in [0.3, 0.4) is 0 Å². The highest BCUT2D eigenvalue weighted by atomic mass is 16.5. The van der Waals surface area contributed by atoms with Crippen molar-refractivity contribution in [2.75, 3.05) is 0 Å². The number of unbranched alkanes of at least 4 members (excludes halogenated alkanes) is 12. The minimum atomic E-state index is 0.507. The molecule has 0 aromatic heterocycles. The van der Waals surface area contributed by atoms with Crippen LogP contribution in [0.1, 0.15) is 183 Å². The second-order valence-electron chi connectivity index (χ2n) is 11.8. The summed E-state index contributed by atoms with van der Waals surface area (Å²) in [6.45, 7) is 14.1. The van der Waals surface area contributed by atoms with Crippen molar-refractivity contribution in [3.8, 4) is 0 Å². The summed E-state index contributed by atoms with van der Waals surface area (Å²) in [5.41, 5.74) is 0. The molecule has 2 unspecified atom stereocenters. The van der Waals surface area contributed by atoms with Crippen LogP contribution in [0.4, 0.5) is 0 Å². The van der Waals surface area contributed by atoms with Gasteiger partial charge in [-0.25, -0.2) is 0 Å². The van der Waals surface area contributed by atoms with E-state index in [9.17, 15) is 0 Å². The van der Waals surface area contributed by atoms with E-state index in [2.05, 4.69) is 41.5 Å². The molecule has 0 aromatic rings. The summed E-state index contributed by atoms with van der Waals surface area (Å²) >= 11 is 0. The zero-order valence-electron chi connectivity index (χ0n) is 24.3. The van der Waals surface area contributed by atoms with E-state index < -0.39 is 0 Å². The summed E-state index contributed by atoms with van der Waals surface area (Å²) in [6.07, 6.45) is 31.2. The van der Waals surface area contributed by atoms with Crippen LogP contribution in [0.5, 0.6) is 0 Å². The Morgan fingerprint density at radius 3 is 1.00 bits per heavy atom. The van der Waals surface area contributed by atoms with Crippen molar-refractivity contribution in [2.24, 2.45) is 11.8 Å². The molecular weight excluding hydrogens is 400 g/mol. The van der Waals surface area contributed by atoms with Gasteiger partial charge in [0.2, 0.25) is 0 Å². The quantitative estimate of drug-likeness (QED) is 0.115. The first-order valence-corrected chi connectivity index (χ1v) is 15.6. The first-order valence-electron chi connectivity index (χ1n) is 15.6. The summed E-state index contributed by atoms with van der Waals surface area (Å²) < 4.78 is 6.90. The first kappa shape index (κ1) is 33.0. The van der Waals surface area contributed by atoms with E-state index >= 15 is 0 Å². The lowest BCUT2D eigenvalue weighted by Crippen LogP contribution is -2.23. The Balaban J connectivity index is 4.52. The van der Waals surface area contributed by atoms with Crippen LogP contribution in [0.15, 0.2) is 0 Å². The van der Waals surface area contributed by atoms with Crippen LogP contribution in [-0.2, 0) is 4.74 Å². The van der Waals surface area contributed by atoms with Crippen molar-refractivity contribution in [2.45, 2.75) is 195 Å². The molecule has 0 spiro atoms. The second-order valence-corrected chi connectivity index (χ2v) is 11.8. The fraction of sp³-hybridized carbons (Fsp3) is 1.00. The standard InChI is InChI=1S/C32H66O/c1-7-9-11-13-15-17-19-25-31(27-21-23-29(3)4)33-32(28-22-24-30(5)6)26-20-18-16-14-12-10-8-2/h29-32H,7-28H2,1-6H3. The van der Waals surface area contributed by atoms with Gasteiger partial charge >= 0.3 is 0 Å². The number of hydrogen-bond donors (Lipinski definition) is 0. The Morgan fingerprint density at radius 1 is 0.364 bits per heavy atom.